The van der Waals surface area contributed by atoms with Crippen molar-refractivity contribution in [3.05, 3.63) is 71.1 Å². The molecule has 0 spiro atoms. The Bertz CT molecular complexity index is 1320. The molecule has 2 heterocycles. The zero-order valence-electron chi connectivity index (χ0n) is 18.1. The van der Waals surface area contributed by atoms with E-state index in [4.69, 9.17) is 15.2 Å². The molecule has 1 fully saturated rings. The van der Waals surface area contributed by atoms with Crippen molar-refractivity contribution >= 4 is 38.8 Å². The largest absolute Gasteiger partial charge is 0.489 e. The van der Waals surface area contributed by atoms with Crippen LogP contribution in [0.2, 0.25) is 0 Å². The number of hydrogen-bond acceptors (Lipinski definition) is 6. The van der Waals surface area contributed by atoms with Gasteiger partial charge in [0.05, 0.1) is 23.0 Å². The molecule has 2 aromatic carbocycles. The number of rotatable bonds is 6. The number of halogens is 1. The molecule has 4 aromatic rings. The highest BCUT2D eigenvalue weighted by atomic mass is 79.9. The quantitative estimate of drug-likeness (QED) is 0.363. The fraction of sp³-hybridized carbons (Fsp3) is 0.240. The van der Waals surface area contributed by atoms with Crippen LogP contribution in [0.25, 0.3) is 22.2 Å². The third-order valence-electron chi connectivity index (χ3n) is 6.14. The monoisotopic (exact) mass is 506 g/mol. The van der Waals surface area contributed by atoms with Gasteiger partial charge in [0.25, 0.3) is 0 Å². The van der Waals surface area contributed by atoms with E-state index in [1.807, 2.05) is 54.6 Å². The van der Waals surface area contributed by atoms with Gasteiger partial charge in [-0.2, -0.15) is 0 Å². The second kappa shape index (κ2) is 8.86. The molecule has 168 valence electrons. The Morgan fingerprint density at radius 3 is 2.70 bits per heavy atom. The number of esters is 1. The number of methoxy groups -OCH3 is 1. The summed E-state index contributed by atoms with van der Waals surface area (Å²) in [6, 6.07) is 18.1. The second-order valence-corrected chi connectivity index (χ2v) is 8.89. The molecular weight excluding hydrogens is 484 g/mol. The number of nitrogens with two attached hydrogens (primary N) is 1. The summed E-state index contributed by atoms with van der Waals surface area (Å²) >= 11 is 3.80. The Labute approximate surface area is 199 Å². The average Bonchev–Trinajstić information content (AvgIpc) is 3.10. The lowest BCUT2D eigenvalue weighted by molar-refractivity contribution is -0.149. The third-order valence-corrected chi connectivity index (χ3v) is 6.92. The smallest absolute Gasteiger partial charge is 0.308 e. The summed E-state index contributed by atoms with van der Waals surface area (Å²) in [5.41, 5.74) is 10.0. The maximum atomic E-state index is 11.9. The summed E-state index contributed by atoms with van der Waals surface area (Å²) in [7, 11) is 1.43. The molecule has 2 N–H and O–H groups in total. The fourth-order valence-corrected chi connectivity index (χ4v) is 5.25. The molecule has 1 aliphatic rings. The molecule has 0 unspecified atom stereocenters. The molecule has 0 atom stereocenters. The predicted molar refractivity (Wildman–Crippen MR) is 130 cm³/mol. The lowest BCUT2D eigenvalue weighted by atomic mass is 9.80. The van der Waals surface area contributed by atoms with Crippen LogP contribution in [0.5, 0.6) is 5.75 Å². The Morgan fingerprint density at radius 2 is 1.94 bits per heavy atom. The number of hydrogen-bond donors (Lipinski definition) is 1. The number of aromatic nitrogens is 3. The maximum absolute atomic E-state index is 11.9. The first-order valence-corrected chi connectivity index (χ1v) is 11.5. The third kappa shape index (κ3) is 3.95. The molecule has 7 nitrogen and oxygen atoms in total. The van der Waals surface area contributed by atoms with Crippen molar-refractivity contribution in [2.45, 2.75) is 25.5 Å². The van der Waals surface area contributed by atoms with Gasteiger partial charge in [-0.25, -0.2) is 9.97 Å². The zero-order valence-corrected chi connectivity index (χ0v) is 19.7. The Hall–Kier alpha value is -3.39. The van der Waals surface area contributed by atoms with Gasteiger partial charge in [-0.15, -0.1) is 0 Å². The van der Waals surface area contributed by atoms with Crippen molar-refractivity contribution in [2.75, 3.05) is 12.8 Å². The van der Waals surface area contributed by atoms with Crippen LogP contribution >= 0.6 is 15.9 Å². The first-order chi connectivity index (χ1) is 16.1. The van der Waals surface area contributed by atoms with Crippen LogP contribution in [0.1, 0.15) is 24.4 Å². The number of carbonyl (C=O) groups is 1. The summed E-state index contributed by atoms with van der Waals surface area (Å²) in [4.78, 5) is 20.7. The van der Waals surface area contributed by atoms with Crippen LogP contribution in [0, 0.1) is 5.92 Å². The standard InChI is InChI=1S/C25H23BrN4O3/c1-32-25(31)17-10-18(11-17)30-22(26)20(21-23(27)28-14-29-24(21)30)16-8-5-9-19(12-16)33-13-15-6-3-2-4-7-15/h2-9,12,14,17-18H,10-11,13H2,1H3,(H2,27,28,29). The summed E-state index contributed by atoms with van der Waals surface area (Å²) in [6.45, 7) is 0.482. The Morgan fingerprint density at radius 1 is 1.15 bits per heavy atom. The van der Waals surface area contributed by atoms with Crippen molar-refractivity contribution < 1.29 is 14.3 Å². The summed E-state index contributed by atoms with van der Waals surface area (Å²) in [5.74, 6) is 0.904. The van der Waals surface area contributed by atoms with E-state index in [-0.39, 0.29) is 17.9 Å². The highest BCUT2D eigenvalue weighted by molar-refractivity contribution is 9.10. The number of ether oxygens (including phenoxy) is 2. The minimum Gasteiger partial charge on any atom is -0.489 e. The van der Waals surface area contributed by atoms with E-state index < -0.39 is 0 Å². The van der Waals surface area contributed by atoms with E-state index in [9.17, 15) is 4.79 Å². The van der Waals surface area contributed by atoms with Gasteiger partial charge in [0.2, 0.25) is 0 Å². The molecule has 0 radical (unpaired) electrons. The highest BCUT2D eigenvalue weighted by Gasteiger charge is 2.39. The number of nitrogens with zero attached hydrogens (tertiary/aromatic N) is 3. The first kappa shape index (κ1) is 21.5. The Kier molecular flexibility index (Phi) is 5.76. The van der Waals surface area contributed by atoms with Crippen molar-refractivity contribution in [3.63, 3.8) is 0 Å². The molecule has 8 heteroatoms. The van der Waals surface area contributed by atoms with Crippen LogP contribution in [-0.4, -0.2) is 27.6 Å². The van der Waals surface area contributed by atoms with E-state index in [0.29, 0.717) is 25.3 Å². The Balaban J connectivity index is 1.51. The van der Waals surface area contributed by atoms with Gasteiger partial charge in [-0.1, -0.05) is 42.5 Å². The second-order valence-electron chi connectivity index (χ2n) is 8.14. The fourth-order valence-electron chi connectivity index (χ4n) is 4.37. The first-order valence-electron chi connectivity index (χ1n) is 10.7. The summed E-state index contributed by atoms with van der Waals surface area (Å²) < 4.78 is 13.9. The van der Waals surface area contributed by atoms with Crippen molar-refractivity contribution in [3.8, 4) is 16.9 Å². The number of benzene rings is 2. The lowest BCUT2D eigenvalue weighted by Crippen LogP contribution is -2.33. The van der Waals surface area contributed by atoms with Gasteiger partial charge in [-0.3, -0.25) is 4.79 Å². The molecule has 33 heavy (non-hydrogen) atoms. The highest BCUT2D eigenvalue weighted by Crippen LogP contribution is 2.47. The van der Waals surface area contributed by atoms with Crippen LogP contribution < -0.4 is 10.5 Å². The molecule has 0 saturated heterocycles. The maximum Gasteiger partial charge on any atom is 0.308 e. The number of fused-ring (bicyclic) bond motifs is 1. The molecule has 0 bridgehead atoms. The van der Waals surface area contributed by atoms with Crippen LogP contribution in [0.4, 0.5) is 5.82 Å². The minimum atomic E-state index is -0.170. The van der Waals surface area contributed by atoms with Crippen molar-refractivity contribution in [2.24, 2.45) is 5.92 Å². The minimum absolute atomic E-state index is 0.0956. The van der Waals surface area contributed by atoms with Crippen molar-refractivity contribution in [1.29, 1.82) is 0 Å². The van der Waals surface area contributed by atoms with Crippen LogP contribution in [0.3, 0.4) is 0 Å². The molecule has 2 aromatic heterocycles. The van der Waals surface area contributed by atoms with Crippen LogP contribution in [0.15, 0.2) is 65.5 Å². The zero-order chi connectivity index (χ0) is 22.9. The van der Waals surface area contributed by atoms with E-state index >= 15 is 0 Å². The van der Waals surface area contributed by atoms with E-state index in [0.717, 1.165) is 38.1 Å². The molecule has 5 rings (SSSR count). The van der Waals surface area contributed by atoms with Gasteiger partial charge >= 0.3 is 5.97 Å². The van der Waals surface area contributed by atoms with Gasteiger partial charge in [0, 0.05) is 11.6 Å². The summed E-state index contributed by atoms with van der Waals surface area (Å²) in [5, 5.41) is 0.783. The van der Waals surface area contributed by atoms with Crippen molar-refractivity contribution in [1.82, 2.24) is 14.5 Å². The number of anilines is 1. The lowest BCUT2D eigenvalue weighted by Gasteiger charge is -2.35. The van der Waals surface area contributed by atoms with E-state index in [1.54, 1.807) is 0 Å². The normalized spacial score (nSPS) is 17.5. The van der Waals surface area contributed by atoms with E-state index in [1.165, 1.54) is 13.4 Å². The number of carbonyl (C=O) groups excluding carboxylic acids is 1. The van der Waals surface area contributed by atoms with Gasteiger partial charge in [0.15, 0.2) is 0 Å². The van der Waals surface area contributed by atoms with Gasteiger partial charge in [0.1, 0.15) is 30.1 Å². The summed E-state index contributed by atoms with van der Waals surface area (Å²) in [6.07, 6.45) is 2.86. The molecule has 1 aliphatic carbocycles. The number of nitrogen functional groups attached to an aromatic ring is 1. The predicted octanol–water partition coefficient (Wildman–Crippen LogP) is 5.15. The molecule has 1 saturated carbocycles. The molecule has 0 aliphatic heterocycles. The SMILES string of the molecule is COC(=O)C1CC(n2c(Br)c(-c3cccc(OCc4ccccc4)c3)c3c(N)ncnc32)C1. The average molecular weight is 507 g/mol. The van der Waals surface area contributed by atoms with Gasteiger partial charge in [-0.05, 0) is 52.0 Å². The topological polar surface area (TPSA) is 92.3 Å². The van der Waals surface area contributed by atoms with Crippen LogP contribution in [-0.2, 0) is 16.1 Å². The molecular formula is C25H23BrN4O3. The van der Waals surface area contributed by atoms with Gasteiger partial charge < -0.3 is 19.8 Å². The van der Waals surface area contributed by atoms with E-state index in [2.05, 4.69) is 30.5 Å². The molecule has 0 amide bonds.